The fourth-order valence-corrected chi connectivity index (χ4v) is 2.86. The quantitative estimate of drug-likeness (QED) is 0.618. The Morgan fingerprint density at radius 1 is 1.53 bits per heavy atom. The van der Waals surface area contributed by atoms with E-state index in [1.54, 1.807) is 7.11 Å². The van der Waals surface area contributed by atoms with Crippen LogP contribution in [0, 0.1) is 0 Å². The van der Waals surface area contributed by atoms with Crippen LogP contribution in [-0.2, 0) is 14.9 Å². The van der Waals surface area contributed by atoms with Crippen molar-refractivity contribution in [2.45, 2.75) is 45.1 Å². The molecule has 0 aromatic carbocycles. The Labute approximate surface area is 114 Å². The van der Waals surface area contributed by atoms with Crippen molar-refractivity contribution in [3.63, 3.8) is 0 Å². The summed E-state index contributed by atoms with van der Waals surface area (Å²) in [5, 5.41) is 0. The Morgan fingerprint density at radius 3 is 2.89 bits per heavy atom. The summed E-state index contributed by atoms with van der Waals surface area (Å²) < 4.78 is 12.5. The van der Waals surface area contributed by atoms with E-state index in [-0.39, 0.29) is 17.4 Å². The summed E-state index contributed by atoms with van der Waals surface area (Å²) in [5.74, 6) is 0.732. The largest absolute Gasteiger partial charge is 0.496 e. The van der Waals surface area contributed by atoms with Gasteiger partial charge in [0.1, 0.15) is 12.2 Å². The van der Waals surface area contributed by atoms with Gasteiger partial charge in [0.2, 0.25) is 0 Å². The second-order valence-electron chi connectivity index (χ2n) is 5.61. The highest BCUT2D eigenvalue weighted by Crippen LogP contribution is 2.37. The molecule has 19 heavy (non-hydrogen) atoms. The summed E-state index contributed by atoms with van der Waals surface area (Å²) in [6.45, 7) is 6.67. The van der Waals surface area contributed by atoms with Crippen LogP contribution in [0.1, 0.15) is 45.3 Å². The Hall–Kier alpha value is -1.58. The van der Waals surface area contributed by atoms with Crippen molar-refractivity contribution in [3.8, 4) is 5.75 Å². The molecule has 4 nitrogen and oxygen atoms in total. The molecular weight excluding hydrogens is 242 g/mol. The predicted molar refractivity (Wildman–Crippen MR) is 71.1 cm³/mol. The highest BCUT2D eigenvalue weighted by molar-refractivity contribution is 5.69. The third kappa shape index (κ3) is 2.72. The number of rotatable bonds is 4. The zero-order valence-corrected chi connectivity index (χ0v) is 12.1. The van der Waals surface area contributed by atoms with Crippen LogP contribution in [0.15, 0.2) is 18.3 Å². The summed E-state index contributed by atoms with van der Waals surface area (Å²) >= 11 is 0. The SMILES string of the molecule is CCOC(=O)CC1CC(C)(C)c2cc(OC)cc[n+]21. The minimum Gasteiger partial charge on any atom is -0.496 e. The molecule has 104 valence electrons. The minimum absolute atomic E-state index is 0.0473. The summed E-state index contributed by atoms with van der Waals surface area (Å²) in [7, 11) is 1.67. The molecule has 0 spiro atoms. The molecule has 0 saturated heterocycles. The molecule has 0 bridgehead atoms. The van der Waals surface area contributed by atoms with Gasteiger partial charge in [-0.05, 0) is 20.8 Å². The second-order valence-corrected chi connectivity index (χ2v) is 5.61. The molecule has 1 unspecified atom stereocenters. The maximum atomic E-state index is 11.7. The standard InChI is InChI=1S/C15H22NO3/c1-5-19-14(17)8-11-10-15(2,3)13-9-12(18-4)6-7-16(11)13/h6-7,9,11H,5,8,10H2,1-4H3/q+1. The average Bonchev–Trinajstić information content (AvgIpc) is 2.61. The van der Waals surface area contributed by atoms with Crippen LogP contribution in [0.25, 0.3) is 0 Å². The van der Waals surface area contributed by atoms with E-state index < -0.39 is 0 Å². The van der Waals surface area contributed by atoms with Crippen molar-refractivity contribution in [3.05, 3.63) is 24.0 Å². The third-order valence-electron chi connectivity index (χ3n) is 3.73. The smallest absolute Gasteiger partial charge is 0.312 e. The lowest BCUT2D eigenvalue weighted by atomic mass is 9.86. The molecule has 0 saturated carbocycles. The summed E-state index contributed by atoms with van der Waals surface area (Å²) in [5.41, 5.74) is 1.26. The topological polar surface area (TPSA) is 39.4 Å². The highest BCUT2D eigenvalue weighted by atomic mass is 16.5. The normalized spacial score (nSPS) is 19.9. The number of methoxy groups -OCH3 is 1. The zero-order chi connectivity index (χ0) is 14.0. The van der Waals surface area contributed by atoms with Gasteiger partial charge in [0.25, 0.3) is 0 Å². The van der Waals surface area contributed by atoms with Crippen LogP contribution in [0.2, 0.25) is 0 Å². The molecular formula is C15H22NO3+. The van der Waals surface area contributed by atoms with Crippen LogP contribution in [0.3, 0.4) is 0 Å². The van der Waals surface area contributed by atoms with Gasteiger partial charge in [0, 0.05) is 18.6 Å². The predicted octanol–water partition coefficient (Wildman–Crippen LogP) is 2.16. The fourth-order valence-electron chi connectivity index (χ4n) is 2.86. The molecule has 4 heteroatoms. The van der Waals surface area contributed by atoms with Crippen LogP contribution in [0.5, 0.6) is 5.75 Å². The lowest BCUT2D eigenvalue weighted by Gasteiger charge is -2.12. The molecule has 1 aliphatic rings. The third-order valence-corrected chi connectivity index (χ3v) is 3.73. The fraction of sp³-hybridized carbons (Fsp3) is 0.600. The lowest BCUT2D eigenvalue weighted by molar-refractivity contribution is -0.716. The number of esters is 1. The first-order chi connectivity index (χ1) is 8.97. The van der Waals surface area contributed by atoms with Gasteiger partial charge < -0.3 is 9.47 Å². The van der Waals surface area contributed by atoms with E-state index in [0.717, 1.165) is 12.2 Å². The highest BCUT2D eigenvalue weighted by Gasteiger charge is 2.45. The number of hydrogen-bond acceptors (Lipinski definition) is 3. The van der Waals surface area contributed by atoms with E-state index in [4.69, 9.17) is 9.47 Å². The first-order valence-electron chi connectivity index (χ1n) is 6.73. The zero-order valence-electron chi connectivity index (χ0n) is 12.1. The number of nitrogens with zero attached hydrogens (tertiary/aromatic N) is 1. The van der Waals surface area contributed by atoms with E-state index in [1.807, 2.05) is 19.2 Å². The van der Waals surface area contributed by atoms with E-state index >= 15 is 0 Å². The van der Waals surface area contributed by atoms with E-state index in [9.17, 15) is 4.79 Å². The summed E-state index contributed by atoms with van der Waals surface area (Å²) in [4.78, 5) is 11.7. The van der Waals surface area contributed by atoms with Crippen molar-refractivity contribution in [2.24, 2.45) is 0 Å². The average molecular weight is 264 g/mol. The van der Waals surface area contributed by atoms with Crippen LogP contribution in [0.4, 0.5) is 0 Å². The van der Waals surface area contributed by atoms with E-state index in [0.29, 0.717) is 13.0 Å². The van der Waals surface area contributed by atoms with Gasteiger partial charge >= 0.3 is 5.97 Å². The van der Waals surface area contributed by atoms with Crippen LogP contribution < -0.4 is 9.30 Å². The Morgan fingerprint density at radius 2 is 2.26 bits per heavy atom. The molecule has 0 radical (unpaired) electrons. The molecule has 1 aromatic heterocycles. The summed E-state index contributed by atoms with van der Waals surface area (Å²) in [6.07, 6.45) is 3.38. The lowest BCUT2D eigenvalue weighted by Crippen LogP contribution is -2.39. The minimum atomic E-state index is -0.125. The Balaban J connectivity index is 2.26. The number of hydrogen-bond donors (Lipinski definition) is 0. The molecule has 0 N–H and O–H groups in total. The molecule has 0 amide bonds. The number of carbonyl (C=O) groups is 1. The summed E-state index contributed by atoms with van der Waals surface area (Å²) in [6, 6.07) is 4.17. The molecule has 1 atom stereocenters. The van der Waals surface area contributed by atoms with Gasteiger partial charge in [-0.1, -0.05) is 0 Å². The number of pyridine rings is 1. The van der Waals surface area contributed by atoms with Gasteiger partial charge in [0.15, 0.2) is 17.9 Å². The second kappa shape index (κ2) is 5.19. The number of carbonyl (C=O) groups excluding carboxylic acids is 1. The molecule has 1 aromatic rings. The molecule has 2 heterocycles. The monoisotopic (exact) mass is 264 g/mol. The molecule has 2 rings (SSSR count). The number of aromatic nitrogens is 1. The van der Waals surface area contributed by atoms with Gasteiger partial charge in [-0.25, -0.2) is 0 Å². The van der Waals surface area contributed by atoms with Crippen LogP contribution >= 0.6 is 0 Å². The van der Waals surface area contributed by atoms with Crippen molar-refractivity contribution < 1.29 is 18.8 Å². The van der Waals surface area contributed by atoms with Gasteiger partial charge in [-0.15, -0.1) is 0 Å². The van der Waals surface area contributed by atoms with E-state index in [1.165, 1.54) is 5.69 Å². The van der Waals surface area contributed by atoms with Crippen LogP contribution in [-0.4, -0.2) is 19.7 Å². The Kier molecular flexibility index (Phi) is 3.78. The molecule has 0 fully saturated rings. The first-order valence-corrected chi connectivity index (χ1v) is 6.73. The van der Waals surface area contributed by atoms with Gasteiger partial charge in [0.05, 0.1) is 19.1 Å². The number of ether oxygens (including phenoxy) is 2. The van der Waals surface area contributed by atoms with Gasteiger partial charge in [-0.2, -0.15) is 4.57 Å². The van der Waals surface area contributed by atoms with Crippen molar-refractivity contribution in [2.75, 3.05) is 13.7 Å². The van der Waals surface area contributed by atoms with Crippen molar-refractivity contribution in [1.82, 2.24) is 0 Å². The van der Waals surface area contributed by atoms with Crippen molar-refractivity contribution in [1.29, 1.82) is 0 Å². The maximum Gasteiger partial charge on any atom is 0.312 e. The maximum absolute atomic E-state index is 11.7. The van der Waals surface area contributed by atoms with Crippen molar-refractivity contribution >= 4 is 5.97 Å². The number of fused-ring (bicyclic) bond motifs is 1. The van der Waals surface area contributed by atoms with Gasteiger partial charge in [-0.3, -0.25) is 4.79 Å². The van der Waals surface area contributed by atoms with E-state index in [2.05, 4.69) is 24.5 Å². The molecule has 1 aliphatic heterocycles. The first kappa shape index (κ1) is 13.8. The Bertz CT molecular complexity index is 482. The molecule has 0 aliphatic carbocycles.